The first-order valence-corrected chi connectivity index (χ1v) is 6.55. The summed E-state index contributed by atoms with van der Waals surface area (Å²) >= 11 is 0. The molecule has 0 aliphatic rings. The fourth-order valence-corrected chi connectivity index (χ4v) is 1.76. The van der Waals surface area contributed by atoms with Gasteiger partial charge in [0.25, 0.3) is 0 Å². The topological polar surface area (TPSA) is 9.72 Å². The van der Waals surface area contributed by atoms with E-state index in [4.69, 9.17) is 0 Å². The second-order valence-electron chi connectivity index (χ2n) is 6.16. The third-order valence-electron chi connectivity index (χ3n) is 3.27. The molecule has 0 aromatic heterocycles. The molecule has 0 heterocycles. The van der Waals surface area contributed by atoms with E-state index in [0.717, 1.165) is 19.6 Å². The van der Waals surface area contributed by atoms with Gasteiger partial charge in [0.2, 0.25) is 0 Å². The van der Waals surface area contributed by atoms with Crippen molar-refractivity contribution in [3.05, 3.63) is 6.92 Å². The van der Waals surface area contributed by atoms with Gasteiger partial charge in [-0.05, 0) is 93.5 Å². The van der Waals surface area contributed by atoms with E-state index < -0.39 is 0 Å². The summed E-state index contributed by atoms with van der Waals surface area (Å²) in [6.45, 7) is 7.89. The van der Waals surface area contributed by atoms with Crippen molar-refractivity contribution in [2.24, 2.45) is 5.41 Å². The van der Waals surface area contributed by atoms with Crippen LogP contribution in [0.5, 0.6) is 0 Å². The maximum atomic E-state index is 4.51. The van der Waals surface area contributed by atoms with Crippen LogP contribution in [0.1, 0.15) is 19.3 Å². The molecule has 0 saturated heterocycles. The van der Waals surface area contributed by atoms with E-state index in [9.17, 15) is 0 Å². The molecule has 1 radical (unpaired) electrons. The molecular weight excluding hydrogens is 283 g/mol. The van der Waals surface area contributed by atoms with Gasteiger partial charge in [-0.25, -0.2) is 0 Å². The Balaban J connectivity index is 0. The zero-order valence-corrected chi connectivity index (χ0v) is 12.8. The molecule has 0 amide bonds. The standard InChI is InChI=1S/C14H32N3.GeH4/c1-14(8-11-15(2)3,9-12-16(4)5)10-13-17(6)7;/h1,8-13H2,2-7H3;1H4. The molecule has 0 N–H and O–H groups in total. The van der Waals surface area contributed by atoms with Gasteiger partial charge in [-0.15, -0.1) is 0 Å². The molecule has 0 saturated carbocycles. The van der Waals surface area contributed by atoms with Crippen molar-refractivity contribution < 1.29 is 0 Å². The first-order valence-electron chi connectivity index (χ1n) is 6.55. The van der Waals surface area contributed by atoms with E-state index >= 15 is 0 Å². The number of rotatable bonds is 9. The van der Waals surface area contributed by atoms with Crippen LogP contribution in [0.25, 0.3) is 0 Å². The fourth-order valence-electron chi connectivity index (χ4n) is 1.76. The zero-order chi connectivity index (χ0) is 13.5. The second-order valence-corrected chi connectivity index (χ2v) is 6.16. The Kier molecular flexibility index (Phi) is 11.8. The molecule has 0 aliphatic carbocycles. The van der Waals surface area contributed by atoms with Gasteiger partial charge in [0.1, 0.15) is 0 Å². The Morgan fingerprint density at radius 1 is 0.667 bits per heavy atom. The van der Waals surface area contributed by atoms with E-state index in [1.807, 2.05) is 0 Å². The Morgan fingerprint density at radius 3 is 1.06 bits per heavy atom. The summed E-state index contributed by atoms with van der Waals surface area (Å²) in [5, 5.41) is 0. The first kappa shape index (κ1) is 20.7. The Bertz CT molecular complexity index is 162. The molecule has 0 fully saturated rings. The summed E-state index contributed by atoms with van der Waals surface area (Å²) in [5.41, 5.74) is 0.221. The van der Waals surface area contributed by atoms with Gasteiger partial charge in [-0.2, -0.15) is 0 Å². The van der Waals surface area contributed by atoms with Crippen LogP contribution in [0, 0.1) is 12.3 Å². The molecule has 0 aliphatic heterocycles. The van der Waals surface area contributed by atoms with E-state index in [1.165, 1.54) is 19.3 Å². The van der Waals surface area contributed by atoms with Crippen LogP contribution < -0.4 is 0 Å². The maximum absolute atomic E-state index is 4.51. The van der Waals surface area contributed by atoms with E-state index in [-0.39, 0.29) is 23.0 Å². The fraction of sp³-hybridized carbons (Fsp3) is 0.929. The van der Waals surface area contributed by atoms with Gasteiger partial charge in [0.05, 0.1) is 0 Å². The van der Waals surface area contributed by atoms with Crippen molar-refractivity contribution >= 4 is 17.6 Å². The van der Waals surface area contributed by atoms with Gasteiger partial charge in [-0.1, -0.05) is 0 Å². The van der Waals surface area contributed by atoms with E-state index in [2.05, 4.69) is 63.9 Å². The molecular formula is C14H36GeN3. The van der Waals surface area contributed by atoms with Crippen molar-refractivity contribution in [3.63, 3.8) is 0 Å². The molecule has 3 nitrogen and oxygen atoms in total. The van der Waals surface area contributed by atoms with Gasteiger partial charge in [0.15, 0.2) is 0 Å². The molecule has 0 aromatic rings. The molecule has 0 bridgehead atoms. The van der Waals surface area contributed by atoms with Crippen LogP contribution in [-0.2, 0) is 0 Å². The van der Waals surface area contributed by atoms with Crippen molar-refractivity contribution in [1.29, 1.82) is 0 Å². The van der Waals surface area contributed by atoms with Crippen molar-refractivity contribution in [1.82, 2.24) is 14.7 Å². The molecule has 0 rings (SSSR count). The van der Waals surface area contributed by atoms with Gasteiger partial charge in [0, 0.05) is 0 Å². The average molecular weight is 319 g/mol. The SMILES string of the molecule is [CH2]C(CCN(C)C)(CCN(C)C)CCN(C)C.[GeH4]. The zero-order valence-electron chi connectivity index (χ0n) is 12.8. The van der Waals surface area contributed by atoms with Gasteiger partial charge in [-0.3, -0.25) is 0 Å². The Labute approximate surface area is 126 Å². The van der Waals surface area contributed by atoms with Crippen LogP contribution in [0.3, 0.4) is 0 Å². The summed E-state index contributed by atoms with van der Waals surface area (Å²) in [7, 11) is 12.8. The van der Waals surface area contributed by atoms with Crippen LogP contribution in [0.4, 0.5) is 0 Å². The molecule has 0 atom stereocenters. The van der Waals surface area contributed by atoms with Gasteiger partial charge < -0.3 is 14.7 Å². The average Bonchev–Trinajstić information content (AvgIpc) is 2.21. The quantitative estimate of drug-likeness (QED) is 0.563. The predicted octanol–water partition coefficient (Wildman–Crippen LogP) is 0.210. The predicted molar refractivity (Wildman–Crippen MR) is 88.6 cm³/mol. The third kappa shape index (κ3) is 11.5. The van der Waals surface area contributed by atoms with Gasteiger partial charge >= 0.3 is 17.6 Å². The number of nitrogens with zero attached hydrogens (tertiary/aromatic N) is 3. The monoisotopic (exact) mass is 320 g/mol. The Morgan fingerprint density at radius 2 is 0.889 bits per heavy atom. The summed E-state index contributed by atoms with van der Waals surface area (Å²) in [4.78, 5) is 6.77. The van der Waals surface area contributed by atoms with Crippen LogP contribution in [0.15, 0.2) is 0 Å². The van der Waals surface area contributed by atoms with Crippen molar-refractivity contribution in [2.75, 3.05) is 61.9 Å². The first-order chi connectivity index (χ1) is 7.75. The molecule has 111 valence electrons. The van der Waals surface area contributed by atoms with Crippen LogP contribution in [-0.4, -0.2) is 94.2 Å². The number of hydrogen-bond acceptors (Lipinski definition) is 3. The molecule has 4 heteroatoms. The van der Waals surface area contributed by atoms with Crippen LogP contribution in [0.2, 0.25) is 0 Å². The van der Waals surface area contributed by atoms with E-state index in [1.54, 1.807) is 0 Å². The second kappa shape index (κ2) is 10.2. The summed E-state index contributed by atoms with van der Waals surface area (Å²) in [6, 6.07) is 0. The normalized spacial score (nSPS) is 12.3. The van der Waals surface area contributed by atoms with Crippen LogP contribution >= 0.6 is 0 Å². The minimum absolute atomic E-state index is 0. The summed E-state index contributed by atoms with van der Waals surface area (Å²) in [5.74, 6) is 0. The van der Waals surface area contributed by atoms with Crippen molar-refractivity contribution in [3.8, 4) is 0 Å². The minimum atomic E-state index is 0. The Hall–Kier alpha value is 0.423. The molecule has 0 spiro atoms. The summed E-state index contributed by atoms with van der Waals surface area (Å²) in [6.07, 6.45) is 3.55. The molecule has 0 unspecified atom stereocenters. The van der Waals surface area contributed by atoms with E-state index in [0.29, 0.717) is 0 Å². The molecule has 18 heavy (non-hydrogen) atoms. The number of hydrogen-bond donors (Lipinski definition) is 0. The third-order valence-corrected chi connectivity index (χ3v) is 3.27. The molecule has 0 aromatic carbocycles. The summed E-state index contributed by atoms with van der Waals surface area (Å²) < 4.78 is 0. The van der Waals surface area contributed by atoms with Crippen molar-refractivity contribution in [2.45, 2.75) is 19.3 Å².